The van der Waals surface area contributed by atoms with E-state index in [1.807, 2.05) is 0 Å². The van der Waals surface area contributed by atoms with Gasteiger partial charge in [-0.2, -0.15) is 0 Å². The number of nitrogens with one attached hydrogen (secondary N) is 1. The summed E-state index contributed by atoms with van der Waals surface area (Å²) >= 11 is 0. The van der Waals surface area contributed by atoms with Crippen LogP contribution < -0.4 is 5.32 Å². The molecule has 0 heterocycles. The maximum Gasteiger partial charge on any atom is 0.0581 e. The first-order valence-corrected chi connectivity index (χ1v) is 5.03. The molecule has 2 rings (SSSR count). The summed E-state index contributed by atoms with van der Waals surface area (Å²) in [4.78, 5) is 0. The van der Waals surface area contributed by atoms with Crippen LogP contribution in [0.5, 0.6) is 0 Å². The van der Waals surface area contributed by atoms with Gasteiger partial charge in [0.25, 0.3) is 0 Å². The second-order valence-electron chi connectivity index (χ2n) is 3.28. The van der Waals surface area contributed by atoms with Gasteiger partial charge in [0.05, 0.1) is 13.1 Å². The summed E-state index contributed by atoms with van der Waals surface area (Å²) in [6, 6.07) is 8.63. The van der Waals surface area contributed by atoms with Crippen molar-refractivity contribution in [2.24, 2.45) is 0 Å². The molecule has 0 fully saturated rings. The maximum absolute atomic E-state index is 4.89. The molecule has 0 aromatic heterocycles. The summed E-state index contributed by atoms with van der Waals surface area (Å²) in [5.74, 6) is 4.79. The summed E-state index contributed by atoms with van der Waals surface area (Å²) in [6.45, 7) is 1.12. The van der Waals surface area contributed by atoms with Crippen molar-refractivity contribution in [3.8, 4) is 24.7 Å². The minimum Gasteiger partial charge on any atom is -0.295 e. The minimum absolute atomic E-state index is 0.560. The number of hydrogen-bond donors (Lipinski definition) is 1. The van der Waals surface area contributed by atoms with Gasteiger partial charge in [-0.05, 0) is 24.0 Å². The van der Waals surface area contributed by atoms with Crippen LogP contribution in [0.2, 0.25) is 0 Å². The zero-order chi connectivity index (χ0) is 10.9. The van der Waals surface area contributed by atoms with Gasteiger partial charge in [-0.15, -0.1) is 12.8 Å². The first-order valence-electron chi connectivity index (χ1n) is 5.03. The Labute approximate surface area is 91.9 Å². The van der Waals surface area contributed by atoms with E-state index in [1.165, 1.54) is 12.8 Å². The Balaban J connectivity index is 0.000000153. The molecule has 1 aliphatic carbocycles. The molecule has 0 bridgehead atoms. The fourth-order valence-corrected chi connectivity index (χ4v) is 1.34. The van der Waals surface area contributed by atoms with Crippen molar-refractivity contribution >= 4 is 0 Å². The van der Waals surface area contributed by atoms with Crippen molar-refractivity contribution in [2.45, 2.75) is 12.8 Å². The van der Waals surface area contributed by atoms with Crippen molar-refractivity contribution in [2.75, 3.05) is 13.1 Å². The van der Waals surface area contributed by atoms with Crippen LogP contribution in [0.15, 0.2) is 24.3 Å². The second-order valence-corrected chi connectivity index (χ2v) is 3.28. The highest BCUT2D eigenvalue weighted by molar-refractivity contribution is 5.34. The second kappa shape index (κ2) is 6.71. The molecule has 1 heteroatoms. The van der Waals surface area contributed by atoms with Gasteiger partial charge in [0.1, 0.15) is 0 Å². The lowest BCUT2D eigenvalue weighted by Crippen LogP contribution is -2.12. The fraction of sp³-hybridized carbons (Fsp3) is 0.286. The highest BCUT2D eigenvalue weighted by Crippen LogP contribution is 2.20. The molecule has 1 aromatic rings. The van der Waals surface area contributed by atoms with Crippen LogP contribution in [0.1, 0.15) is 11.1 Å². The summed E-state index contributed by atoms with van der Waals surface area (Å²) in [5.41, 5.74) is 3.10. The fourth-order valence-electron chi connectivity index (χ4n) is 1.34. The molecule has 1 aliphatic rings. The molecule has 0 unspecified atom stereocenters. The third-order valence-corrected chi connectivity index (χ3v) is 2.24. The highest BCUT2D eigenvalue weighted by Gasteiger charge is 2.09. The average molecular weight is 197 g/mol. The van der Waals surface area contributed by atoms with E-state index >= 15 is 0 Å². The van der Waals surface area contributed by atoms with E-state index in [2.05, 4.69) is 41.4 Å². The van der Waals surface area contributed by atoms with Crippen LogP contribution in [0.4, 0.5) is 0 Å². The number of fused-ring (bicyclic) bond motifs is 1. The molecule has 0 amide bonds. The molecule has 0 aliphatic heterocycles. The number of terminal acetylenes is 2. The van der Waals surface area contributed by atoms with E-state index in [4.69, 9.17) is 12.8 Å². The van der Waals surface area contributed by atoms with Gasteiger partial charge in [-0.3, -0.25) is 5.32 Å². The average Bonchev–Trinajstić information content (AvgIpc) is 2.22. The molecule has 76 valence electrons. The topological polar surface area (TPSA) is 12.0 Å². The quantitative estimate of drug-likeness (QED) is 0.561. The third kappa shape index (κ3) is 3.90. The van der Waals surface area contributed by atoms with Gasteiger partial charge < -0.3 is 0 Å². The summed E-state index contributed by atoms with van der Waals surface area (Å²) < 4.78 is 0. The summed E-state index contributed by atoms with van der Waals surface area (Å²) in [7, 11) is 0. The Morgan fingerprint density at radius 1 is 1.00 bits per heavy atom. The largest absolute Gasteiger partial charge is 0.295 e. The predicted octanol–water partition coefficient (Wildman–Crippen LogP) is 1.63. The van der Waals surface area contributed by atoms with Gasteiger partial charge in [-0.25, -0.2) is 0 Å². The van der Waals surface area contributed by atoms with Crippen molar-refractivity contribution in [1.29, 1.82) is 0 Å². The molecule has 0 saturated carbocycles. The van der Waals surface area contributed by atoms with E-state index in [-0.39, 0.29) is 0 Å². The van der Waals surface area contributed by atoms with Gasteiger partial charge >= 0.3 is 0 Å². The molecule has 1 nitrogen and oxygen atoms in total. The standard InChI is InChI=1S/C8H8.C6H7N/c1-2-4-8-6-5-7(8)3-1;1-3-5-7-6-4-2/h1-4H,5-6H2;1-2,7H,5-6H2. The van der Waals surface area contributed by atoms with E-state index in [0.29, 0.717) is 13.1 Å². The normalized spacial score (nSPS) is 10.8. The monoisotopic (exact) mass is 197 g/mol. The van der Waals surface area contributed by atoms with Crippen LogP contribution in [0.25, 0.3) is 0 Å². The number of hydrogen-bond acceptors (Lipinski definition) is 1. The maximum atomic E-state index is 4.89. The van der Waals surface area contributed by atoms with Crippen molar-refractivity contribution in [3.05, 3.63) is 35.4 Å². The summed E-state index contributed by atoms with van der Waals surface area (Å²) in [5, 5.41) is 2.81. The first-order chi connectivity index (χ1) is 7.38. The molecular weight excluding hydrogens is 182 g/mol. The molecule has 1 N–H and O–H groups in total. The lowest BCUT2D eigenvalue weighted by Gasteiger charge is -2.16. The Morgan fingerprint density at radius 2 is 1.47 bits per heavy atom. The Kier molecular flexibility index (Phi) is 5.09. The molecule has 0 spiro atoms. The van der Waals surface area contributed by atoms with Gasteiger partial charge in [0.2, 0.25) is 0 Å². The summed E-state index contributed by atoms with van der Waals surface area (Å²) in [6.07, 6.45) is 12.4. The Hall–Kier alpha value is -1.70. The Morgan fingerprint density at radius 3 is 1.73 bits per heavy atom. The SMILES string of the molecule is C#CCNCC#C.c1ccc2c(c1)CC2. The minimum atomic E-state index is 0.560. The van der Waals surface area contributed by atoms with Crippen LogP contribution in [-0.2, 0) is 12.8 Å². The zero-order valence-corrected chi connectivity index (χ0v) is 8.79. The predicted molar refractivity (Wildman–Crippen MR) is 64.4 cm³/mol. The molecule has 0 atom stereocenters. The van der Waals surface area contributed by atoms with Crippen molar-refractivity contribution < 1.29 is 0 Å². The number of aryl methyl sites for hydroxylation is 2. The van der Waals surface area contributed by atoms with Crippen LogP contribution >= 0.6 is 0 Å². The van der Waals surface area contributed by atoms with Gasteiger partial charge in [0, 0.05) is 0 Å². The van der Waals surface area contributed by atoms with Crippen molar-refractivity contribution in [1.82, 2.24) is 5.32 Å². The smallest absolute Gasteiger partial charge is 0.0581 e. The van der Waals surface area contributed by atoms with Crippen molar-refractivity contribution in [3.63, 3.8) is 0 Å². The molecule has 0 saturated heterocycles. The first kappa shape index (κ1) is 11.4. The van der Waals surface area contributed by atoms with Crippen LogP contribution in [0, 0.1) is 24.7 Å². The number of rotatable bonds is 2. The van der Waals surface area contributed by atoms with E-state index in [0.717, 1.165) is 0 Å². The molecular formula is C14H15N. The molecule has 15 heavy (non-hydrogen) atoms. The zero-order valence-electron chi connectivity index (χ0n) is 8.79. The van der Waals surface area contributed by atoms with E-state index < -0.39 is 0 Å². The molecule has 0 radical (unpaired) electrons. The Bertz CT molecular complexity index is 342. The van der Waals surface area contributed by atoms with Crippen LogP contribution in [0.3, 0.4) is 0 Å². The highest BCUT2D eigenvalue weighted by atomic mass is 14.8. The lowest BCUT2D eigenvalue weighted by molar-refractivity contribution is 0.839. The lowest BCUT2D eigenvalue weighted by atomic mass is 9.89. The molecule has 1 aromatic carbocycles. The van der Waals surface area contributed by atoms with E-state index in [1.54, 1.807) is 11.1 Å². The van der Waals surface area contributed by atoms with Gasteiger partial charge in [-0.1, -0.05) is 36.1 Å². The van der Waals surface area contributed by atoms with E-state index in [9.17, 15) is 0 Å². The van der Waals surface area contributed by atoms with Gasteiger partial charge in [0.15, 0.2) is 0 Å². The number of benzene rings is 1. The van der Waals surface area contributed by atoms with Crippen LogP contribution in [-0.4, -0.2) is 13.1 Å². The third-order valence-electron chi connectivity index (χ3n) is 2.24.